The first-order valence-corrected chi connectivity index (χ1v) is 7.18. The van der Waals surface area contributed by atoms with Crippen molar-refractivity contribution in [3.63, 3.8) is 0 Å². The van der Waals surface area contributed by atoms with Crippen molar-refractivity contribution in [1.82, 2.24) is 0 Å². The fraction of sp³-hybridized carbons (Fsp3) is 0.294. The van der Waals surface area contributed by atoms with Gasteiger partial charge in [0.1, 0.15) is 11.6 Å². The maximum atomic E-state index is 11.0. The van der Waals surface area contributed by atoms with Gasteiger partial charge in [0.05, 0.1) is 13.7 Å². The van der Waals surface area contributed by atoms with Crippen LogP contribution < -0.4 is 10.5 Å². The summed E-state index contributed by atoms with van der Waals surface area (Å²) in [6, 6.07) is 11.5. The molecule has 0 radical (unpaired) electrons. The molecule has 3 N–H and O–H groups in total. The van der Waals surface area contributed by atoms with E-state index < -0.39 is 0 Å². The van der Waals surface area contributed by atoms with Crippen molar-refractivity contribution in [2.75, 3.05) is 13.7 Å². The molecule has 0 amide bonds. The van der Waals surface area contributed by atoms with Gasteiger partial charge in [-0.2, -0.15) is 0 Å². The molecule has 0 unspecified atom stereocenters. The van der Waals surface area contributed by atoms with Crippen molar-refractivity contribution < 1.29 is 14.3 Å². The maximum absolute atomic E-state index is 11.0. The first-order valence-electron chi connectivity index (χ1n) is 7.18. The molecular weight excluding hydrogens is 280 g/mol. The highest BCUT2D eigenvalue weighted by Crippen LogP contribution is 2.22. The third-order valence-electron chi connectivity index (χ3n) is 3.39. The van der Waals surface area contributed by atoms with E-state index in [1.165, 1.54) is 7.11 Å². The van der Waals surface area contributed by atoms with Gasteiger partial charge in [0, 0.05) is 12.0 Å². The second-order valence-corrected chi connectivity index (χ2v) is 5.02. The summed E-state index contributed by atoms with van der Waals surface area (Å²) in [5, 5.41) is 9.54. The Morgan fingerprint density at radius 2 is 1.91 bits per heavy atom. The number of nitrogens with two attached hydrogens (primary N) is 1. The number of hydrogen-bond acceptors (Lipinski definition) is 4. The van der Waals surface area contributed by atoms with Crippen LogP contribution in [-0.2, 0) is 9.53 Å². The van der Waals surface area contributed by atoms with Gasteiger partial charge in [-0.05, 0) is 41.8 Å². The van der Waals surface area contributed by atoms with Crippen LogP contribution in [0, 0.1) is 5.41 Å². The number of fused-ring (bicyclic) bond motifs is 1. The topological polar surface area (TPSA) is 85.4 Å². The summed E-state index contributed by atoms with van der Waals surface area (Å²) in [5.74, 6) is 0.629. The van der Waals surface area contributed by atoms with Crippen LogP contribution in [0.15, 0.2) is 36.4 Å². The molecule has 0 fully saturated rings. The normalized spacial score (nSPS) is 10.4. The molecule has 5 heteroatoms. The molecule has 2 aromatic carbocycles. The first kappa shape index (κ1) is 15.8. The average molecular weight is 300 g/mol. The van der Waals surface area contributed by atoms with Crippen LogP contribution in [0.25, 0.3) is 10.8 Å². The minimum Gasteiger partial charge on any atom is -0.494 e. The summed E-state index contributed by atoms with van der Waals surface area (Å²) in [6.07, 6.45) is 1.95. The fourth-order valence-corrected chi connectivity index (χ4v) is 2.15. The molecule has 0 aliphatic rings. The minimum absolute atomic E-state index is 0.0519. The maximum Gasteiger partial charge on any atom is 0.305 e. The SMILES string of the molecule is COC(=O)CCCCOc1ccc2ccc(C(=N)N)cc2c1. The van der Waals surface area contributed by atoms with E-state index in [-0.39, 0.29) is 11.8 Å². The monoisotopic (exact) mass is 300 g/mol. The second kappa shape index (κ2) is 7.45. The van der Waals surface area contributed by atoms with Gasteiger partial charge in [-0.1, -0.05) is 18.2 Å². The number of unbranched alkanes of at least 4 members (excludes halogenated alkanes) is 1. The number of ether oxygens (including phenoxy) is 2. The number of nitrogens with one attached hydrogen (secondary N) is 1. The van der Waals surface area contributed by atoms with Gasteiger partial charge in [-0.25, -0.2) is 0 Å². The Balaban J connectivity index is 1.94. The zero-order chi connectivity index (χ0) is 15.9. The van der Waals surface area contributed by atoms with Crippen LogP contribution in [0.5, 0.6) is 5.75 Å². The van der Waals surface area contributed by atoms with Crippen LogP contribution in [0.2, 0.25) is 0 Å². The third kappa shape index (κ3) is 4.22. The first-order chi connectivity index (χ1) is 10.6. The number of hydrogen-bond donors (Lipinski definition) is 2. The number of amidine groups is 1. The smallest absolute Gasteiger partial charge is 0.305 e. The molecule has 2 aromatic rings. The Hall–Kier alpha value is -2.56. The van der Waals surface area contributed by atoms with E-state index >= 15 is 0 Å². The lowest BCUT2D eigenvalue weighted by atomic mass is 10.1. The highest BCUT2D eigenvalue weighted by molar-refractivity contribution is 5.99. The summed E-state index contributed by atoms with van der Waals surface area (Å²) >= 11 is 0. The van der Waals surface area contributed by atoms with Gasteiger partial charge >= 0.3 is 5.97 Å². The zero-order valence-corrected chi connectivity index (χ0v) is 12.6. The largest absolute Gasteiger partial charge is 0.494 e. The Morgan fingerprint density at radius 3 is 2.64 bits per heavy atom. The molecule has 0 aliphatic heterocycles. The van der Waals surface area contributed by atoms with Gasteiger partial charge in [-0.15, -0.1) is 0 Å². The quantitative estimate of drug-likeness (QED) is 0.356. The fourth-order valence-electron chi connectivity index (χ4n) is 2.15. The lowest BCUT2D eigenvalue weighted by molar-refractivity contribution is -0.140. The molecule has 2 rings (SSSR count). The van der Waals surface area contributed by atoms with Crippen molar-refractivity contribution in [3.05, 3.63) is 42.0 Å². The van der Waals surface area contributed by atoms with Crippen molar-refractivity contribution in [3.8, 4) is 5.75 Å². The van der Waals surface area contributed by atoms with Crippen LogP contribution in [0.1, 0.15) is 24.8 Å². The minimum atomic E-state index is -0.192. The Bertz CT molecular complexity index is 683. The highest BCUT2D eigenvalue weighted by atomic mass is 16.5. The summed E-state index contributed by atoms with van der Waals surface area (Å²) in [4.78, 5) is 11.0. The van der Waals surface area contributed by atoms with E-state index in [1.54, 1.807) is 0 Å². The van der Waals surface area contributed by atoms with Crippen LogP contribution in [0.4, 0.5) is 0 Å². The van der Waals surface area contributed by atoms with Gasteiger partial charge in [0.2, 0.25) is 0 Å². The predicted molar refractivity (Wildman–Crippen MR) is 86.3 cm³/mol. The lowest BCUT2D eigenvalue weighted by Crippen LogP contribution is -2.10. The number of benzene rings is 2. The molecule has 0 atom stereocenters. The summed E-state index contributed by atoms with van der Waals surface area (Å²) in [6.45, 7) is 0.550. The molecule has 0 saturated heterocycles. The zero-order valence-electron chi connectivity index (χ0n) is 12.6. The Kier molecular flexibility index (Phi) is 5.36. The van der Waals surface area contributed by atoms with Gasteiger partial charge in [0.25, 0.3) is 0 Å². The standard InChI is InChI=1S/C17H20N2O3/c1-21-16(20)4-2-3-9-22-15-8-7-12-5-6-13(17(18)19)10-14(12)11-15/h5-8,10-11H,2-4,9H2,1H3,(H3,18,19). The lowest BCUT2D eigenvalue weighted by Gasteiger charge is -2.08. The number of carbonyl (C=O) groups is 1. The van der Waals surface area contributed by atoms with Crippen molar-refractivity contribution in [2.24, 2.45) is 5.73 Å². The molecule has 0 saturated carbocycles. The number of rotatable bonds is 7. The number of methoxy groups -OCH3 is 1. The van der Waals surface area contributed by atoms with Crippen LogP contribution >= 0.6 is 0 Å². The highest BCUT2D eigenvalue weighted by Gasteiger charge is 2.02. The number of carbonyl (C=O) groups excluding carboxylic acids is 1. The van der Waals surface area contributed by atoms with Crippen molar-refractivity contribution >= 4 is 22.6 Å². The molecule has 0 bridgehead atoms. The molecular formula is C17H20N2O3. The van der Waals surface area contributed by atoms with E-state index in [2.05, 4.69) is 4.74 Å². The summed E-state index contributed by atoms with van der Waals surface area (Å²) in [5.41, 5.74) is 6.20. The van der Waals surface area contributed by atoms with Gasteiger partial charge < -0.3 is 15.2 Å². The van der Waals surface area contributed by atoms with Crippen LogP contribution in [-0.4, -0.2) is 25.5 Å². The van der Waals surface area contributed by atoms with E-state index in [0.29, 0.717) is 18.6 Å². The summed E-state index contributed by atoms with van der Waals surface area (Å²) in [7, 11) is 1.39. The molecule has 0 spiro atoms. The molecule has 116 valence electrons. The molecule has 5 nitrogen and oxygen atoms in total. The molecule has 0 aliphatic carbocycles. The van der Waals surface area contributed by atoms with Gasteiger partial charge in [0.15, 0.2) is 0 Å². The second-order valence-electron chi connectivity index (χ2n) is 5.02. The number of nitrogen functional groups attached to an aromatic ring is 1. The van der Waals surface area contributed by atoms with Crippen molar-refractivity contribution in [1.29, 1.82) is 5.41 Å². The van der Waals surface area contributed by atoms with Crippen molar-refractivity contribution in [2.45, 2.75) is 19.3 Å². The van der Waals surface area contributed by atoms with Crippen LogP contribution in [0.3, 0.4) is 0 Å². The van der Waals surface area contributed by atoms with Gasteiger partial charge in [-0.3, -0.25) is 10.2 Å². The molecule has 0 heterocycles. The predicted octanol–water partition coefficient (Wildman–Crippen LogP) is 2.85. The molecule has 22 heavy (non-hydrogen) atoms. The van der Waals surface area contributed by atoms with E-state index in [4.69, 9.17) is 15.9 Å². The third-order valence-corrected chi connectivity index (χ3v) is 3.39. The van der Waals surface area contributed by atoms with E-state index in [0.717, 1.165) is 29.4 Å². The van der Waals surface area contributed by atoms with E-state index in [9.17, 15) is 4.79 Å². The molecule has 0 aromatic heterocycles. The Labute approximate surface area is 129 Å². The summed E-state index contributed by atoms with van der Waals surface area (Å²) < 4.78 is 10.3. The number of esters is 1. The average Bonchev–Trinajstić information content (AvgIpc) is 2.53. The Morgan fingerprint density at radius 1 is 1.14 bits per heavy atom. The van der Waals surface area contributed by atoms with E-state index in [1.807, 2.05) is 36.4 Å².